The highest BCUT2D eigenvalue weighted by molar-refractivity contribution is 7.13. The first-order chi connectivity index (χ1) is 14.9. The Labute approximate surface area is 185 Å². The summed E-state index contributed by atoms with van der Waals surface area (Å²) in [6, 6.07) is 10.4. The zero-order chi connectivity index (χ0) is 22.1. The molecule has 0 aliphatic carbocycles. The van der Waals surface area contributed by atoms with Crippen molar-refractivity contribution in [3.63, 3.8) is 0 Å². The van der Waals surface area contributed by atoms with Crippen molar-refractivity contribution in [2.45, 2.75) is 27.7 Å². The van der Waals surface area contributed by atoms with E-state index in [2.05, 4.69) is 41.5 Å². The molecule has 6 heteroatoms. The number of anilines is 1. The number of methoxy groups -OCH3 is 1. The van der Waals surface area contributed by atoms with Crippen LogP contribution in [0.1, 0.15) is 29.3 Å². The van der Waals surface area contributed by atoms with E-state index in [1.54, 1.807) is 19.4 Å². The first kappa shape index (κ1) is 20.9. The standard InChI is InChI=1S/C25H24N2O3S/c1-14-6-8-18(9-7-14)21-12-30-24-17(4)23(29-5)19(11-20(21)24)15(2)10-22(28)27-25-26-16(3)13-31-25/h6-13H,1-5H3,(H,26,27,28)/b15-10+. The summed E-state index contributed by atoms with van der Waals surface area (Å²) in [4.78, 5) is 16.8. The number of allylic oxidation sites excluding steroid dienone is 1. The van der Waals surface area contributed by atoms with Crippen molar-refractivity contribution in [2.24, 2.45) is 0 Å². The van der Waals surface area contributed by atoms with Crippen molar-refractivity contribution >= 4 is 38.9 Å². The first-order valence-electron chi connectivity index (χ1n) is 9.95. The summed E-state index contributed by atoms with van der Waals surface area (Å²) in [6.07, 6.45) is 3.35. The van der Waals surface area contributed by atoms with Gasteiger partial charge in [0.2, 0.25) is 5.91 Å². The monoisotopic (exact) mass is 432 g/mol. The number of aromatic nitrogens is 1. The zero-order valence-corrected chi connectivity index (χ0v) is 19.0. The number of hydrogen-bond donors (Lipinski definition) is 1. The maximum Gasteiger partial charge on any atom is 0.250 e. The average molecular weight is 433 g/mol. The molecule has 31 heavy (non-hydrogen) atoms. The Bertz CT molecular complexity index is 1300. The second-order valence-electron chi connectivity index (χ2n) is 7.59. The maximum absolute atomic E-state index is 12.5. The summed E-state index contributed by atoms with van der Waals surface area (Å²) in [7, 11) is 1.63. The highest BCUT2D eigenvalue weighted by Gasteiger charge is 2.19. The van der Waals surface area contributed by atoms with Gasteiger partial charge in [0, 0.05) is 33.5 Å². The molecule has 1 N–H and O–H groups in total. The van der Waals surface area contributed by atoms with Gasteiger partial charge in [-0.2, -0.15) is 0 Å². The smallest absolute Gasteiger partial charge is 0.250 e. The molecule has 0 unspecified atom stereocenters. The van der Waals surface area contributed by atoms with Crippen LogP contribution < -0.4 is 10.1 Å². The van der Waals surface area contributed by atoms with Crippen LogP contribution in [0.2, 0.25) is 0 Å². The quantitative estimate of drug-likeness (QED) is 0.364. The summed E-state index contributed by atoms with van der Waals surface area (Å²) in [5.41, 5.74) is 7.51. The molecule has 0 atom stereocenters. The minimum Gasteiger partial charge on any atom is -0.496 e. The van der Waals surface area contributed by atoms with Gasteiger partial charge >= 0.3 is 0 Å². The molecule has 2 aromatic heterocycles. The number of rotatable bonds is 5. The lowest BCUT2D eigenvalue weighted by Crippen LogP contribution is -2.08. The lowest BCUT2D eigenvalue weighted by Gasteiger charge is -2.13. The van der Waals surface area contributed by atoms with Crippen LogP contribution in [0.4, 0.5) is 5.13 Å². The van der Waals surface area contributed by atoms with Crippen LogP contribution in [-0.2, 0) is 4.79 Å². The van der Waals surface area contributed by atoms with Gasteiger partial charge in [-0.1, -0.05) is 29.8 Å². The number of hydrogen-bond acceptors (Lipinski definition) is 5. The van der Waals surface area contributed by atoms with Gasteiger partial charge in [0.25, 0.3) is 0 Å². The molecule has 1 amide bonds. The number of carbonyl (C=O) groups is 1. The minimum atomic E-state index is -0.224. The van der Waals surface area contributed by atoms with Gasteiger partial charge in [-0.05, 0) is 44.9 Å². The van der Waals surface area contributed by atoms with Crippen LogP contribution in [-0.4, -0.2) is 18.0 Å². The second-order valence-corrected chi connectivity index (χ2v) is 8.44. The summed E-state index contributed by atoms with van der Waals surface area (Å²) in [5.74, 6) is 0.474. The topological polar surface area (TPSA) is 64.4 Å². The fraction of sp³-hybridized carbons (Fsp3) is 0.200. The number of aryl methyl sites for hydroxylation is 3. The number of carbonyl (C=O) groups excluding carboxylic acids is 1. The van der Waals surface area contributed by atoms with E-state index in [-0.39, 0.29) is 5.91 Å². The van der Waals surface area contributed by atoms with Crippen LogP contribution in [0.5, 0.6) is 5.75 Å². The van der Waals surface area contributed by atoms with E-state index in [4.69, 9.17) is 9.15 Å². The summed E-state index contributed by atoms with van der Waals surface area (Å²) in [6.45, 7) is 7.84. The van der Waals surface area contributed by atoms with E-state index in [9.17, 15) is 4.79 Å². The fourth-order valence-electron chi connectivity index (χ4n) is 3.66. The Kier molecular flexibility index (Phi) is 5.65. The van der Waals surface area contributed by atoms with Crippen LogP contribution >= 0.6 is 11.3 Å². The minimum absolute atomic E-state index is 0.224. The summed E-state index contributed by atoms with van der Waals surface area (Å²) in [5, 5.41) is 6.30. The van der Waals surface area contributed by atoms with Crippen LogP contribution in [0.3, 0.4) is 0 Å². The molecular formula is C25H24N2O3S. The molecule has 4 aromatic rings. The summed E-state index contributed by atoms with van der Waals surface area (Å²) >= 11 is 1.41. The third-order valence-electron chi connectivity index (χ3n) is 5.23. The van der Waals surface area contributed by atoms with Gasteiger partial charge < -0.3 is 9.15 Å². The van der Waals surface area contributed by atoms with Gasteiger partial charge in [0.1, 0.15) is 11.3 Å². The highest BCUT2D eigenvalue weighted by Crippen LogP contribution is 2.40. The third-order valence-corrected chi connectivity index (χ3v) is 6.11. The molecule has 0 aliphatic rings. The van der Waals surface area contributed by atoms with Crippen molar-refractivity contribution in [1.82, 2.24) is 4.98 Å². The number of ether oxygens (including phenoxy) is 1. The van der Waals surface area contributed by atoms with Crippen molar-refractivity contribution < 1.29 is 13.9 Å². The van der Waals surface area contributed by atoms with Gasteiger partial charge in [0.05, 0.1) is 19.1 Å². The molecule has 0 bridgehead atoms. The normalized spacial score (nSPS) is 11.7. The number of benzene rings is 2. The number of fused-ring (bicyclic) bond motifs is 1. The molecule has 5 nitrogen and oxygen atoms in total. The van der Waals surface area contributed by atoms with Gasteiger partial charge in [0.15, 0.2) is 5.13 Å². The average Bonchev–Trinajstić information content (AvgIpc) is 3.34. The Balaban J connectivity index is 1.77. The number of furan rings is 1. The van der Waals surface area contributed by atoms with Crippen LogP contribution in [0.15, 0.2) is 52.5 Å². The molecule has 0 fully saturated rings. The Morgan fingerprint density at radius 2 is 1.94 bits per heavy atom. The Morgan fingerprint density at radius 1 is 1.19 bits per heavy atom. The molecular weight excluding hydrogens is 408 g/mol. The SMILES string of the molecule is COc1c(/C(C)=C/C(=O)Nc2nc(C)cs2)cc2c(-c3ccc(C)cc3)coc2c1C. The molecule has 0 aliphatic heterocycles. The second kappa shape index (κ2) is 8.40. The lowest BCUT2D eigenvalue weighted by atomic mass is 9.96. The Morgan fingerprint density at radius 3 is 2.58 bits per heavy atom. The van der Waals surface area contributed by atoms with Gasteiger partial charge in [-0.3, -0.25) is 10.1 Å². The van der Waals surface area contributed by atoms with Crippen molar-refractivity contribution in [2.75, 3.05) is 12.4 Å². The number of nitrogens with zero attached hydrogens (tertiary/aromatic N) is 1. The predicted molar refractivity (Wildman–Crippen MR) is 127 cm³/mol. The number of thiazole rings is 1. The van der Waals surface area contributed by atoms with Crippen molar-refractivity contribution in [1.29, 1.82) is 0 Å². The van der Waals surface area contributed by atoms with Crippen molar-refractivity contribution in [3.05, 3.63) is 70.4 Å². The Hall–Kier alpha value is -3.38. The third kappa shape index (κ3) is 4.11. The first-order valence-corrected chi connectivity index (χ1v) is 10.8. The van der Waals surface area contributed by atoms with Crippen molar-refractivity contribution in [3.8, 4) is 16.9 Å². The predicted octanol–water partition coefficient (Wildman–Crippen LogP) is 6.53. The molecule has 0 saturated heterocycles. The van der Waals surface area contributed by atoms with E-state index >= 15 is 0 Å². The zero-order valence-electron chi connectivity index (χ0n) is 18.2. The van der Waals surface area contributed by atoms with Gasteiger partial charge in [-0.25, -0.2) is 4.98 Å². The molecule has 4 rings (SSSR count). The van der Waals surface area contributed by atoms with Crippen LogP contribution in [0.25, 0.3) is 27.7 Å². The van der Waals surface area contributed by atoms with Gasteiger partial charge in [-0.15, -0.1) is 11.3 Å². The fourth-order valence-corrected chi connectivity index (χ4v) is 4.35. The van der Waals surface area contributed by atoms with E-state index < -0.39 is 0 Å². The van der Waals surface area contributed by atoms with E-state index in [0.717, 1.165) is 44.5 Å². The number of nitrogens with one attached hydrogen (secondary N) is 1. The van der Waals surface area contributed by atoms with E-state index in [1.807, 2.05) is 32.2 Å². The molecule has 0 saturated carbocycles. The van der Waals surface area contributed by atoms with Crippen LogP contribution in [0, 0.1) is 20.8 Å². The van der Waals surface area contributed by atoms with E-state index in [0.29, 0.717) is 10.9 Å². The number of amides is 1. The molecule has 158 valence electrons. The summed E-state index contributed by atoms with van der Waals surface area (Å²) < 4.78 is 11.6. The lowest BCUT2D eigenvalue weighted by molar-refractivity contribution is -0.111. The maximum atomic E-state index is 12.5. The largest absolute Gasteiger partial charge is 0.496 e. The molecule has 0 spiro atoms. The highest BCUT2D eigenvalue weighted by atomic mass is 32.1. The molecule has 0 radical (unpaired) electrons. The molecule has 2 aromatic carbocycles. The molecule has 2 heterocycles. The van der Waals surface area contributed by atoms with E-state index in [1.165, 1.54) is 16.9 Å².